The summed E-state index contributed by atoms with van der Waals surface area (Å²) in [4.78, 5) is 3.89. The normalized spacial score (nSPS) is 10.6. The molecule has 2 nitrogen and oxygen atoms in total. The van der Waals surface area contributed by atoms with Crippen LogP contribution in [0.3, 0.4) is 0 Å². The van der Waals surface area contributed by atoms with E-state index in [9.17, 15) is 8.78 Å². The van der Waals surface area contributed by atoms with Gasteiger partial charge in [-0.2, -0.15) is 0 Å². The smallest absolute Gasteiger partial charge is 0.269 e. The predicted octanol–water partition coefficient (Wildman–Crippen LogP) is 3.24. The number of methoxy groups -OCH3 is 1. The number of hydrogen-bond donors (Lipinski definition) is 0. The SMILES string of the molecule is COc1nc(I)c(I)cc1C(F)F. The number of hydrogen-bond acceptors (Lipinski definition) is 2. The van der Waals surface area contributed by atoms with Gasteiger partial charge in [0.2, 0.25) is 5.88 Å². The Bertz CT molecular complexity index is 320. The Labute approximate surface area is 101 Å². The molecular weight excluding hydrogens is 406 g/mol. The molecule has 0 aliphatic rings. The number of ether oxygens (including phenoxy) is 1. The Hall–Kier alpha value is 0.270. The molecule has 0 spiro atoms. The molecule has 0 aliphatic carbocycles. The van der Waals surface area contributed by atoms with E-state index in [0.717, 1.165) is 0 Å². The molecule has 0 saturated heterocycles. The molecule has 13 heavy (non-hydrogen) atoms. The summed E-state index contributed by atoms with van der Waals surface area (Å²) in [5.41, 5.74) is -0.160. The molecule has 1 aromatic heterocycles. The molecule has 1 rings (SSSR count). The van der Waals surface area contributed by atoms with Gasteiger partial charge in [0.25, 0.3) is 6.43 Å². The molecule has 0 N–H and O–H groups in total. The molecule has 0 atom stereocenters. The Morgan fingerprint density at radius 2 is 2.08 bits per heavy atom. The van der Waals surface area contributed by atoms with Crippen molar-refractivity contribution in [2.24, 2.45) is 0 Å². The summed E-state index contributed by atoms with van der Waals surface area (Å²) in [6.45, 7) is 0. The van der Waals surface area contributed by atoms with E-state index in [0.29, 0.717) is 7.27 Å². The Balaban J connectivity index is 3.25. The van der Waals surface area contributed by atoms with E-state index in [4.69, 9.17) is 4.74 Å². The highest BCUT2D eigenvalue weighted by Gasteiger charge is 2.17. The van der Waals surface area contributed by atoms with Gasteiger partial charge in [-0.25, -0.2) is 13.8 Å². The molecule has 0 aromatic carbocycles. The molecule has 0 bridgehead atoms. The van der Waals surface area contributed by atoms with Gasteiger partial charge >= 0.3 is 0 Å². The van der Waals surface area contributed by atoms with Gasteiger partial charge < -0.3 is 4.74 Å². The Morgan fingerprint density at radius 3 is 2.54 bits per heavy atom. The number of pyridine rings is 1. The minimum atomic E-state index is -2.55. The van der Waals surface area contributed by atoms with Gasteiger partial charge in [-0.15, -0.1) is 0 Å². The van der Waals surface area contributed by atoms with Crippen molar-refractivity contribution in [1.82, 2.24) is 4.98 Å². The lowest BCUT2D eigenvalue weighted by Crippen LogP contribution is -1.99. The summed E-state index contributed by atoms with van der Waals surface area (Å²) in [6, 6.07) is 1.39. The summed E-state index contributed by atoms with van der Waals surface area (Å²) in [6.07, 6.45) is -2.55. The van der Waals surface area contributed by atoms with Crippen LogP contribution < -0.4 is 4.74 Å². The number of halogens is 4. The van der Waals surface area contributed by atoms with Crippen LogP contribution >= 0.6 is 45.2 Å². The third-order valence-electron chi connectivity index (χ3n) is 1.35. The predicted molar refractivity (Wildman–Crippen MR) is 61.2 cm³/mol. The van der Waals surface area contributed by atoms with E-state index in [1.165, 1.54) is 13.2 Å². The average Bonchev–Trinajstić information content (AvgIpc) is 2.08. The third kappa shape index (κ3) is 2.61. The van der Waals surface area contributed by atoms with Gasteiger partial charge in [0.05, 0.1) is 12.7 Å². The third-order valence-corrected chi connectivity index (χ3v) is 4.03. The van der Waals surface area contributed by atoms with E-state index in [2.05, 4.69) is 4.98 Å². The van der Waals surface area contributed by atoms with Crippen molar-refractivity contribution < 1.29 is 13.5 Å². The van der Waals surface area contributed by atoms with Crippen molar-refractivity contribution in [2.75, 3.05) is 7.11 Å². The van der Waals surface area contributed by atoms with Gasteiger partial charge in [-0.1, -0.05) is 0 Å². The molecule has 0 amide bonds. The van der Waals surface area contributed by atoms with Gasteiger partial charge in [0.15, 0.2) is 0 Å². The van der Waals surface area contributed by atoms with Crippen molar-refractivity contribution in [3.8, 4) is 5.88 Å². The highest BCUT2D eigenvalue weighted by molar-refractivity contribution is 14.1. The quantitative estimate of drug-likeness (QED) is 0.551. The van der Waals surface area contributed by atoms with Crippen LogP contribution in [0.25, 0.3) is 0 Å². The zero-order chi connectivity index (χ0) is 10.0. The minimum Gasteiger partial charge on any atom is -0.481 e. The number of nitrogens with zero attached hydrogens (tertiary/aromatic N) is 1. The number of aromatic nitrogens is 1. The van der Waals surface area contributed by atoms with Crippen LogP contribution in [0.2, 0.25) is 0 Å². The maximum atomic E-state index is 12.4. The van der Waals surface area contributed by atoms with Crippen molar-refractivity contribution in [2.45, 2.75) is 6.43 Å². The van der Waals surface area contributed by atoms with E-state index in [1.54, 1.807) is 0 Å². The second-order valence-corrected chi connectivity index (χ2v) is 4.34. The Kier molecular flexibility index (Phi) is 4.07. The fourth-order valence-corrected chi connectivity index (χ4v) is 1.62. The fourth-order valence-electron chi connectivity index (χ4n) is 0.785. The second kappa shape index (κ2) is 4.67. The number of rotatable bonds is 2. The van der Waals surface area contributed by atoms with E-state index in [1.807, 2.05) is 45.2 Å². The molecule has 0 unspecified atom stereocenters. The van der Waals surface area contributed by atoms with Crippen LogP contribution in [0.15, 0.2) is 6.07 Å². The van der Waals surface area contributed by atoms with E-state index < -0.39 is 6.43 Å². The zero-order valence-corrected chi connectivity index (χ0v) is 10.8. The maximum absolute atomic E-state index is 12.4. The van der Waals surface area contributed by atoms with Crippen molar-refractivity contribution in [1.29, 1.82) is 0 Å². The molecular formula is C7H5F2I2NO. The summed E-state index contributed by atoms with van der Waals surface area (Å²) in [5.74, 6) is -0.000170. The highest BCUT2D eigenvalue weighted by Crippen LogP contribution is 2.30. The first kappa shape index (κ1) is 11.3. The fraction of sp³-hybridized carbons (Fsp3) is 0.286. The minimum absolute atomic E-state index is 0.000170. The highest BCUT2D eigenvalue weighted by atomic mass is 127. The molecule has 0 fully saturated rings. The monoisotopic (exact) mass is 411 g/mol. The molecule has 0 aliphatic heterocycles. The van der Waals surface area contributed by atoms with Crippen molar-refractivity contribution in [3.63, 3.8) is 0 Å². The van der Waals surface area contributed by atoms with Gasteiger partial charge in [0.1, 0.15) is 3.70 Å². The van der Waals surface area contributed by atoms with Crippen molar-refractivity contribution in [3.05, 3.63) is 18.9 Å². The van der Waals surface area contributed by atoms with E-state index >= 15 is 0 Å². The largest absolute Gasteiger partial charge is 0.481 e. The summed E-state index contributed by atoms with van der Waals surface area (Å²) >= 11 is 3.93. The lowest BCUT2D eigenvalue weighted by atomic mass is 10.3. The summed E-state index contributed by atoms with van der Waals surface area (Å²) in [7, 11) is 1.33. The first-order valence-corrected chi connectivity index (χ1v) is 5.40. The van der Waals surface area contributed by atoms with Crippen LogP contribution in [0.5, 0.6) is 5.88 Å². The van der Waals surface area contributed by atoms with Crippen molar-refractivity contribution >= 4 is 45.2 Å². The molecule has 1 heterocycles. The lowest BCUT2D eigenvalue weighted by Gasteiger charge is -2.07. The van der Waals surface area contributed by atoms with Crippen LogP contribution in [-0.2, 0) is 0 Å². The molecule has 6 heteroatoms. The van der Waals surface area contributed by atoms with Gasteiger partial charge in [0, 0.05) is 3.57 Å². The van der Waals surface area contributed by atoms with Crippen LogP contribution in [-0.4, -0.2) is 12.1 Å². The first-order valence-electron chi connectivity index (χ1n) is 3.24. The van der Waals surface area contributed by atoms with Gasteiger partial charge in [-0.05, 0) is 51.2 Å². The van der Waals surface area contributed by atoms with E-state index in [-0.39, 0.29) is 11.4 Å². The molecule has 0 radical (unpaired) electrons. The van der Waals surface area contributed by atoms with Crippen LogP contribution in [0.4, 0.5) is 8.78 Å². The average molecular weight is 411 g/mol. The van der Waals surface area contributed by atoms with Crippen LogP contribution in [0.1, 0.15) is 12.0 Å². The molecule has 72 valence electrons. The second-order valence-electron chi connectivity index (χ2n) is 2.16. The standard InChI is InChI=1S/C7H5F2I2NO/c1-13-7-3(5(8)9)2-4(10)6(11)12-7/h2,5H,1H3. The number of alkyl halides is 2. The first-order chi connectivity index (χ1) is 6.06. The Morgan fingerprint density at radius 1 is 1.46 bits per heavy atom. The van der Waals surface area contributed by atoms with Gasteiger partial charge in [-0.3, -0.25) is 0 Å². The molecule has 0 saturated carbocycles. The van der Waals surface area contributed by atoms with Crippen LogP contribution in [0, 0.1) is 7.27 Å². The lowest BCUT2D eigenvalue weighted by molar-refractivity contribution is 0.146. The maximum Gasteiger partial charge on any atom is 0.269 e. The summed E-state index contributed by atoms with van der Waals surface area (Å²) in [5, 5.41) is 0. The zero-order valence-electron chi connectivity index (χ0n) is 6.52. The summed E-state index contributed by atoms with van der Waals surface area (Å²) < 4.78 is 30.9. The molecule has 1 aromatic rings. The topological polar surface area (TPSA) is 22.1 Å².